The van der Waals surface area contributed by atoms with E-state index in [1.54, 1.807) is 19.9 Å². The van der Waals surface area contributed by atoms with Crippen LogP contribution in [0.15, 0.2) is 53.4 Å². The number of aryl methyl sites for hydroxylation is 1. The maximum atomic E-state index is 13.6. The Bertz CT molecular complexity index is 1320. The molecule has 3 aliphatic rings. The van der Waals surface area contributed by atoms with Gasteiger partial charge in [0.15, 0.2) is 6.10 Å². The van der Waals surface area contributed by atoms with Crippen molar-refractivity contribution in [2.24, 2.45) is 5.92 Å². The number of nitrogens with one attached hydrogen (secondary N) is 1. The van der Waals surface area contributed by atoms with E-state index >= 15 is 0 Å². The number of anilines is 1. The number of nitrogens with zero attached hydrogens (tertiary/aromatic N) is 2. The van der Waals surface area contributed by atoms with Crippen molar-refractivity contribution in [1.29, 1.82) is 0 Å². The van der Waals surface area contributed by atoms with Crippen molar-refractivity contribution in [2.75, 3.05) is 31.5 Å². The maximum absolute atomic E-state index is 13.6. The number of carbonyl (C=O) groups is 2. The Hall–Kier alpha value is -3.17. The summed E-state index contributed by atoms with van der Waals surface area (Å²) in [6, 6.07) is 13.3. The van der Waals surface area contributed by atoms with Crippen molar-refractivity contribution in [3.63, 3.8) is 0 Å². The van der Waals surface area contributed by atoms with E-state index in [4.69, 9.17) is 4.74 Å². The molecule has 0 saturated carbocycles. The molecule has 8 nitrogen and oxygen atoms in total. The van der Waals surface area contributed by atoms with Gasteiger partial charge in [-0.3, -0.25) is 9.59 Å². The van der Waals surface area contributed by atoms with E-state index in [-0.39, 0.29) is 29.2 Å². The summed E-state index contributed by atoms with van der Waals surface area (Å²) in [5.41, 5.74) is 3.41. The van der Waals surface area contributed by atoms with E-state index in [1.807, 2.05) is 23.1 Å². The number of fused-ring (bicyclic) bond motifs is 1. The number of hydrogen-bond donors (Lipinski definition) is 1. The molecule has 1 fully saturated rings. The molecule has 36 heavy (non-hydrogen) atoms. The van der Waals surface area contributed by atoms with Gasteiger partial charge in [-0.15, -0.1) is 0 Å². The van der Waals surface area contributed by atoms with Gasteiger partial charge < -0.3 is 15.0 Å². The molecule has 2 amide bonds. The zero-order valence-corrected chi connectivity index (χ0v) is 21.4. The van der Waals surface area contributed by atoms with Crippen LogP contribution >= 0.6 is 0 Å². The predicted octanol–water partition coefficient (Wildman–Crippen LogP) is 3.43. The third-order valence-electron chi connectivity index (χ3n) is 7.22. The second kappa shape index (κ2) is 9.71. The first-order chi connectivity index (χ1) is 17.2. The molecule has 2 aromatic rings. The molecule has 0 spiro atoms. The molecular weight excluding hydrogens is 478 g/mol. The monoisotopic (exact) mass is 509 g/mol. The first-order valence-corrected chi connectivity index (χ1v) is 13.8. The lowest BCUT2D eigenvalue weighted by Crippen LogP contribution is -2.47. The Balaban J connectivity index is 1.30. The lowest BCUT2D eigenvalue weighted by Gasteiger charge is -2.35. The molecule has 3 heterocycles. The van der Waals surface area contributed by atoms with Crippen LogP contribution in [-0.2, 0) is 19.6 Å². The van der Waals surface area contributed by atoms with Crippen molar-refractivity contribution < 1.29 is 22.7 Å². The highest BCUT2D eigenvalue weighted by Gasteiger charge is 2.37. The number of hydrogen-bond acceptors (Lipinski definition) is 5. The van der Waals surface area contributed by atoms with Gasteiger partial charge in [0.1, 0.15) is 5.75 Å². The van der Waals surface area contributed by atoms with Gasteiger partial charge >= 0.3 is 0 Å². The summed E-state index contributed by atoms with van der Waals surface area (Å²) < 4.78 is 34.3. The topological polar surface area (TPSA) is 96.0 Å². The molecule has 2 atom stereocenters. The molecule has 5 rings (SSSR count). The molecule has 0 bridgehead atoms. The Morgan fingerprint density at radius 2 is 1.92 bits per heavy atom. The number of sulfonamides is 1. The third-order valence-corrected chi connectivity index (χ3v) is 9.23. The van der Waals surface area contributed by atoms with Gasteiger partial charge in [0.25, 0.3) is 5.91 Å². The molecule has 2 unspecified atom stereocenters. The Morgan fingerprint density at radius 3 is 2.64 bits per heavy atom. The maximum Gasteiger partial charge on any atom is 0.265 e. The Kier molecular flexibility index (Phi) is 6.61. The molecule has 9 heteroatoms. The van der Waals surface area contributed by atoms with E-state index in [0.29, 0.717) is 49.5 Å². The smallest absolute Gasteiger partial charge is 0.265 e. The lowest BCUT2D eigenvalue weighted by atomic mass is 9.95. The van der Waals surface area contributed by atoms with Gasteiger partial charge in [-0.25, -0.2) is 8.42 Å². The van der Waals surface area contributed by atoms with Crippen LogP contribution in [0, 0.1) is 12.8 Å². The van der Waals surface area contributed by atoms with E-state index in [9.17, 15) is 18.0 Å². The molecule has 2 aromatic carbocycles. The van der Waals surface area contributed by atoms with Gasteiger partial charge in [-0.05, 0) is 55.9 Å². The Labute approximate surface area is 212 Å². The minimum absolute atomic E-state index is 0.0142. The van der Waals surface area contributed by atoms with Crippen LogP contribution in [0.1, 0.15) is 37.3 Å². The van der Waals surface area contributed by atoms with Crippen molar-refractivity contribution in [3.05, 3.63) is 59.7 Å². The number of benzene rings is 2. The highest BCUT2D eigenvalue weighted by atomic mass is 32.2. The molecule has 1 saturated heterocycles. The largest absolute Gasteiger partial charge is 0.479 e. The number of ether oxygens (including phenoxy) is 1. The summed E-state index contributed by atoms with van der Waals surface area (Å²) in [6.45, 7) is 5.03. The van der Waals surface area contributed by atoms with E-state index < -0.39 is 16.1 Å². The molecule has 0 radical (unpaired) electrons. The normalized spacial score (nSPS) is 22.8. The highest BCUT2D eigenvalue weighted by Crippen LogP contribution is 2.36. The van der Waals surface area contributed by atoms with Crippen LogP contribution in [0.5, 0.6) is 5.75 Å². The van der Waals surface area contributed by atoms with Crippen molar-refractivity contribution >= 4 is 33.1 Å². The average Bonchev–Trinajstić information content (AvgIpc) is 2.89. The average molecular weight is 510 g/mol. The van der Waals surface area contributed by atoms with Gasteiger partial charge in [0, 0.05) is 32.2 Å². The second-order valence-electron chi connectivity index (χ2n) is 9.70. The SMILES string of the molecule is Cc1cc2c(cc1S(=O)(=O)N1CCCC(C(=O)N3CC=C(c4ccccc4)CC3)C1)OC(C)C(=O)N2. The molecule has 190 valence electrons. The molecule has 0 aliphatic carbocycles. The van der Waals surface area contributed by atoms with Crippen molar-refractivity contribution in [3.8, 4) is 5.75 Å². The fourth-order valence-electron chi connectivity index (χ4n) is 5.16. The summed E-state index contributed by atoms with van der Waals surface area (Å²) in [5, 5.41) is 2.75. The van der Waals surface area contributed by atoms with Crippen molar-refractivity contribution in [2.45, 2.75) is 44.1 Å². The minimum atomic E-state index is -3.84. The molecule has 0 aromatic heterocycles. The second-order valence-corrected chi connectivity index (χ2v) is 11.6. The predicted molar refractivity (Wildman–Crippen MR) is 137 cm³/mol. The summed E-state index contributed by atoms with van der Waals surface area (Å²) in [4.78, 5) is 27.2. The quantitative estimate of drug-likeness (QED) is 0.681. The lowest BCUT2D eigenvalue weighted by molar-refractivity contribution is -0.136. The summed E-state index contributed by atoms with van der Waals surface area (Å²) >= 11 is 0. The number of carbonyl (C=O) groups excluding carboxylic acids is 2. The van der Waals surface area contributed by atoms with Gasteiger partial charge in [0.2, 0.25) is 15.9 Å². The van der Waals surface area contributed by atoms with Gasteiger partial charge in [-0.1, -0.05) is 36.4 Å². The highest BCUT2D eigenvalue weighted by molar-refractivity contribution is 7.89. The first kappa shape index (κ1) is 24.5. The molecular formula is C27H31N3O5S. The van der Waals surface area contributed by atoms with Crippen molar-refractivity contribution in [1.82, 2.24) is 9.21 Å². The van der Waals surface area contributed by atoms with Crippen LogP contribution in [0.4, 0.5) is 5.69 Å². The first-order valence-electron chi connectivity index (χ1n) is 12.4. The van der Waals surface area contributed by atoms with Crippen LogP contribution < -0.4 is 10.1 Å². The van der Waals surface area contributed by atoms with E-state index in [2.05, 4.69) is 23.5 Å². The number of piperidine rings is 1. The van der Waals surface area contributed by atoms with Gasteiger partial charge in [0.05, 0.1) is 16.5 Å². The zero-order valence-electron chi connectivity index (χ0n) is 20.6. The fourth-order valence-corrected chi connectivity index (χ4v) is 6.91. The molecule has 1 N–H and O–H groups in total. The summed E-state index contributed by atoms with van der Waals surface area (Å²) in [7, 11) is -3.84. The standard InChI is InChI=1S/C27H31N3O5S/c1-18-15-23-24(35-19(2)26(31)28-23)16-25(18)36(33,34)30-12-6-9-22(17-30)27(32)29-13-10-21(11-14-29)20-7-4-3-5-8-20/h3-5,7-8,10,15-16,19,22H,6,9,11-14,17H2,1-2H3,(H,28,31). The summed E-state index contributed by atoms with van der Waals surface area (Å²) in [5.74, 6) is -0.280. The zero-order chi connectivity index (χ0) is 25.4. The van der Waals surface area contributed by atoms with E-state index in [1.165, 1.54) is 21.5 Å². The Morgan fingerprint density at radius 1 is 1.14 bits per heavy atom. The number of rotatable bonds is 4. The summed E-state index contributed by atoms with van der Waals surface area (Å²) in [6.07, 6.45) is 3.49. The molecule has 3 aliphatic heterocycles. The number of amides is 2. The third kappa shape index (κ3) is 4.65. The van der Waals surface area contributed by atoms with Crippen LogP contribution in [0.25, 0.3) is 5.57 Å². The minimum Gasteiger partial charge on any atom is -0.479 e. The van der Waals surface area contributed by atoms with Crippen LogP contribution in [0.3, 0.4) is 0 Å². The van der Waals surface area contributed by atoms with E-state index in [0.717, 1.165) is 6.42 Å². The van der Waals surface area contributed by atoms with Crippen LogP contribution in [-0.4, -0.2) is 61.7 Å². The van der Waals surface area contributed by atoms with Gasteiger partial charge in [-0.2, -0.15) is 4.31 Å². The fraction of sp³-hybridized carbons (Fsp3) is 0.407. The van der Waals surface area contributed by atoms with Crippen LogP contribution in [0.2, 0.25) is 0 Å².